The Morgan fingerprint density at radius 2 is 1.94 bits per heavy atom. The molecule has 1 atom stereocenters. The van der Waals surface area contributed by atoms with Gasteiger partial charge in [-0.2, -0.15) is 0 Å². The van der Waals surface area contributed by atoms with Gasteiger partial charge < -0.3 is 10.6 Å². The number of amidine groups is 1. The van der Waals surface area contributed by atoms with Gasteiger partial charge >= 0.3 is 0 Å². The van der Waals surface area contributed by atoms with E-state index >= 15 is 0 Å². The smallest absolute Gasteiger partial charge is 0.274 e. The molecule has 2 heterocycles. The van der Waals surface area contributed by atoms with E-state index in [1.54, 1.807) is 6.92 Å². The molecule has 2 fully saturated rings. The first kappa shape index (κ1) is 22.7. The maximum atomic E-state index is 14.9. The standard InChI is InChI=1S/C22H24ClFN4O3S/c1-21(13-32(30,31)22(20(25)28-21)9-3-2-4-10-22)16-11-15(6-7-17(16)24)27-19(29)18-8-5-14(23)12-26-18/h5-8,11-12H,2-4,9-10,13H2,1H3,(H2,25,28)(H,27,29)/t21-/m0/s1. The third-order valence-electron chi connectivity index (χ3n) is 6.37. The average Bonchev–Trinajstić information content (AvgIpc) is 2.74. The molecule has 1 saturated carbocycles. The third-order valence-corrected chi connectivity index (χ3v) is 9.35. The Morgan fingerprint density at radius 3 is 2.56 bits per heavy atom. The molecular formula is C22H24ClFN4O3S. The van der Waals surface area contributed by atoms with Gasteiger partial charge in [-0.3, -0.25) is 10.2 Å². The molecule has 1 spiro atoms. The molecule has 170 valence electrons. The molecule has 1 aromatic heterocycles. The Labute approximate surface area is 191 Å². The fraction of sp³-hybridized carbons (Fsp3) is 0.409. The number of hydrogen-bond donors (Lipinski definition) is 3. The molecule has 1 aliphatic heterocycles. The summed E-state index contributed by atoms with van der Waals surface area (Å²) in [4.78, 5) is 16.4. The summed E-state index contributed by atoms with van der Waals surface area (Å²) in [5, 5.41) is 14.6. The van der Waals surface area contributed by atoms with E-state index < -0.39 is 31.8 Å². The molecule has 0 unspecified atom stereocenters. The lowest BCUT2D eigenvalue weighted by Crippen LogP contribution is -2.66. The van der Waals surface area contributed by atoms with E-state index in [-0.39, 0.29) is 28.5 Å². The highest BCUT2D eigenvalue weighted by Crippen LogP contribution is 2.43. The molecule has 1 amide bonds. The maximum Gasteiger partial charge on any atom is 0.274 e. The SMILES string of the molecule is C[C@@]1(c2cc(NC(=O)c3ccc(Cl)cn3)ccc2F)CS(=O)(=O)C2(CCCCC2)C(=N)N1. The number of nitrogens with zero attached hydrogens (tertiary/aromatic N) is 1. The molecule has 2 aromatic rings. The predicted molar refractivity (Wildman–Crippen MR) is 121 cm³/mol. The summed E-state index contributed by atoms with van der Waals surface area (Å²) >= 11 is 5.80. The van der Waals surface area contributed by atoms with Gasteiger partial charge in [0, 0.05) is 17.4 Å². The average molecular weight is 479 g/mol. The number of benzene rings is 1. The van der Waals surface area contributed by atoms with E-state index in [1.165, 1.54) is 36.5 Å². The summed E-state index contributed by atoms with van der Waals surface area (Å²) in [5.74, 6) is -1.55. The van der Waals surface area contributed by atoms with Gasteiger partial charge in [0.2, 0.25) is 0 Å². The quantitative estimate of drug-likeness (QED) is 0.616. The van der Waals surface area contributed by atoms with Crippen LogP contribution in [0.15, 0.2) is 36.5 Å². The van der Waals surface area contributed by atoms with Crippen molar-refractivity contribution < 1.29 is 17.6 Å². The maximum absolute atomic E-state index is 14.9. The van der Waals surface area contributed by atoms with Gasteiger partial charge in [0.15, 0.2) is 9.84 Å². The van der Waals surface area contributed by atoms with E-state index in [9.17, 15) is 17.6 Å². The van der Waals surface area contributed by atoms with Crippen LogP contribution in [0.3, 0.4) is 0 Å². The Kier molecular flexibility index (Phi) is 5.75. The third kappa shape index (κ3) is 3.88. The molecule has 0 radical (unpaired) electrons. The van der Waals surface area contributed by atoms with Crippen LogP contribution < -0.4 is 10.6 Å². The van der Waals surface area contributed by atoms with Gasteiger partial charge in [0.05, 0.1) is 16.3 Å². The molecule has 1 aromatic carbocycles. The van der Waals surface area contributed by atoms with Crippen molar-refractivity contribution in [3.05, 3.63) is 58.6 Å². The largest absolute Gasteiger partial charge is 0.362 e. The normalized spacial score (nSPS) is 24.0. The van der Waals surface area contributed by atoms with Crippen molar-refractivity contribution in [3.8, 4) is 0 Å². The Morgan fingerprint density at radius 1 is 1.22 bits per heavy atom. The highest BCUT2D eigenvalue weighted by Gasteiger charge is 2.56. The molecule has 10 heteroatoms. The summed E-state index contributed by atoms with van der Waals surface area (Å²) in [6.07, 6.45) is 4.59. The summed E-state index contributed by atoms with van der Waals surface area (Å²) < 4.78 is 40.4. The van der Waals surface area contributed by atoms with Crippen LogP contribution in [0.4, 0.5) is 10.1 Å². The van der Waals surface area contributed by atoms with Crippen molar-refractivity contribution in [2.45, 2.75) is 49.3 Å². The number of nitrogens with one attached hydrogen (secondary N) is 3. The molecule has 3 N–H and O–H groups in total. The zero-order valence-corrected chi connectivity index (χ0v) is 19.1. The predicted octanol–water partition coefficient (Wildman–Crippen LogP) is 4.04. The number of sulfone groups is 1. The summed E-state index contributed by atoms with van der Waals surface area (Å²) in [7, 11) is -3.71. The highest BCUT2D eigenvalue weighted by molar-refractivity contribution is 7.93. The van der Waals surface area contributed by atoms with Crippen molar-refractivity contribution in [3.63, 3.8) is 0 Å². The van der Waals surface area contributed by atoms with Gasteiger partial charge in [0.25, 0.3) is 5.91 Å². The number of anilines is 1. The van der Waals surface area contributed by atoms with Crippen molar-refractivity contribution in [1.82, 2.24) is 10.3 Å². The van der Waals surface area contributed by atoms with Gasteiger partial charge in [-0.1, -0.05) is 30.9 Å². The summed E-state index contributed by atoms with van der Waals surface area (Å²) in [6.45, 7) is 1.57. The lowest BCUT2D eigenvalue weighted by Gasteiger charge is -2.47. The van der Waals surface area contributed by atoms with Crippen molar-refractivity contribution in [2.75, 3.05) is 11.1 Å². The molecule has 1 saturated heterocycles. The monoisotopic (exact) mass is 478 g/mol. The van der Waals surface area contributed by atoms with Crippen LogP contribution in [0, 0.1) is 11.2 Å². The van der Waals surface area contributed by atoms with E-state index in [0.717, 1.165) is 19.3 Å². The highest BCUT2D eigenvalue weighted by atomic mass is 35.5. The topological polar surface area (TPSA) is 112 Å². The fourth-order valence-electron chi connectivity index (χ4n) is 4.66. The van der Waals surface area contributed by atoms with Crippen LogP contribution in [0.25, 0.3) is 0 Å². The number of pyridine rings is 1. The minimum Gasteiger partial charge on any atom is -0.362 e. The molecular weight excluding hydrogens is 455 g/mol. The number of carbonyl (C=O) groups is 1. The Balaban J connectivity index is 1.64. The van der Waals surface area contributed by atoms with Crippen molar-refractivity contribution in [1.29, 1.82) is 5.41 Å². The van der Waals surface area contributed by atoms with Gasteiger partial charge in [-0.05, 0) is 50.1 Å². The lowest BCUT2D eigenvalue weighted by molar-refractivity contribution is 0.102. The molecule has 0 bridgehead atoms. The molecule has 4 rings (SSSR count). The van der Waals surface area contributed by atoms with E-state index in [0.29, 0.717) is 17.9 Å². The van der Waals surface area contributed by atoms with Crippen molar-refractivity contribution in [2.24, 2.45) is 0 Å². The van der Waals surface area contributed by atoms with Crippen LogP contribution in [-0.2, 0) is 15.4 Å². The van der Waals surface area contributed by atoms with E-state index in [1.807, 2.05) is 0 Å². The fourth-order valence-corrected chi connectivity index (χ4v) is 7.31. The van der Waals surface area contributed by atoms with Gasteiger partial charge in [-0.25, -0.2) is 17.8 Å². The Hall–Kier alpha value is -2.52. The van der Waals surface area contributed by atoms with E-state index in [2.05, 4.69) is 15.6 Å². The number of hydrogen-bond acceptors (Lipinski definition) is 5. The number of rotatable bonds is 3. The van der Waals surface area contributed by atoms with Gasteiger partial charge in [0.1, 0.15) is 22.1 Å². The zero-order chi connectivity index (χ0) is 23.1. The second kappa shape index (κ2) is 8.12. The van der Waals surface area contributed by atoms with Crippen LogP contribution in [-0.4, -0.2) is 35.6 Å². The molecule has 7 nitrogen and oxygen atoms in total. The zero-order valence-electron chi connectivity index (χ0n) is 17.5. The first-order valence-electron chi connectivity index (χ1n) is 10.4. The minimum absolute atomic E-state index is 0.0679. The molecule has 2 aliphatic rings. The molecule has 32 heavy (non-hydrogen) atoms. The second-order valence-electron chi connectivity index (χ2n) is 8.66. The Bertz CT molecular complexity index is 1180. The number of halogens is 2. The van der Waals surface area contributed by atoms with Crippen LogP contribution in [0.2, 0.25) is 5.02 Å². The second-order valence-corrected chi connectivity index (χ2v) is 11.4. The van der Waals surface area contributed by atoms with Crippen LogP contribution in [0.1, 0.15) is 55.1 Å². The first-order valence-corrected chi connectivity index (χ1v) is 12.4. The number of aromatic nitrogens is 1. The summed E-state index contributed by atoms with van der Waals surface area (Å²) in [6, 6.07) is 6.96. The summed E-state index contributed by atoms with van der Waals surface area (Å²) in [5.41, 5.74) is -0.862. The number of amides is 1. The minimum atomic E-state index is -3.71. The lowest BCUT2D eigenvalue weighted by atomic mass is 9.84. The van der Waals surface area contributed by atoms with Crippen molar-refractivity contribution >= 4 is 38.9 Å². The molecule has 1 aliphatic carbocycles. The first-order chi connectivity index (χ1) is 15.1. The number of carbonyl (C=O) groups excluding carboxylic acids is 1. The van der Waals surface area contributed by atoms with Gasteiger partial charge in [-0.15, -0.1) is 0 Å². The van der Waals surface area contributed by atoms with E-state index in [4.69, 9.17) is 17.0 Å². The van der Waals surface area contributed by atoms with Crippen LogP contribution >= 0.6 is 11.6 Å². The van der Waals surface area contributed by atoms with Crippen LogP contribution in [0.5, 0.6) is 0 Å².